The maximum absolute atomic E-state index is 3.48. The molecule has 16 heavy (non-hydrogen) atoms. The Morgan fingerprint density at radius 3 is 2.50 bits per heavy atom. The van der Waals surface area contributed by atoms with E-state index in [1.54, 1.807) is 0 Å². The van der Waals surface area contributed by atoms with Crippen molar-refractivity contribution in [3.8, 4) is 0 Å². The van der Waals surface area contributed by atoms with Crippen LogP contribution in [-0.4, -0.2) is 30.1 Å². The van der Waals surface area contributed by atoms with Gasteiger partial charge in [-0.05, 0) is 31.4 Å². The summed E-state index contributed by atoms with van der Waals surface area (Å²) in [6.07, 6.45) is 4.13. The maximum Gasteiger partial charge on any atom is 0.0240 e. The minimum atomic E-state index is 0.771. The lowest BCUT2D eigenvalue weighted by atomic mass is 10.1. The van der Waals surface area contributed by atoms with E-state index in [0.717, 1.165) is 18.6 Å². The van der Waals surface area contributed by atoms with E-state index in [-0.39, 0.29) is 0 Å². The maximum atomic E-state index is 3.48. The van der Waals surface area contributed by atoms with E-state index >= 15 is 0 Å². The fourth-order valence-electron chi connectivity index (χ4n) is 2.68. The second kappa shape index (κ2) is 4.56. The highest BCUT2D eigenvalue weighted by Gasteiger charge is 2.34. The van der Waals surface area contributed by atoms with E-state index in [2.05, 4.69) is 40.5 Å². The number of rotatable bonds is 4. The van der Waals surface area contributed by atoms with Crippen LogP contribution in [0.15, 0.2) is 30.3 Å². The average molecular weight is 216 g/mol. The van der Waals surface area contributed by atoms with Crippen LogP contribution in [0.1, 0.15) is 24.8 Å². The first-order chi connectivity index (χ1) is 7.93. The van der Waals surface area contributed by atoms with Crippen LogP contribution in [0.25, 0.3) is 0 Å². The zero-order valence-corrected chi connectivity index (χ0v) is 9.73. The van der Waals surface area contributed by atoms with Crippen LogP contribution in [0.3, 0.4) is 0 Å². The van der Waals surface area contributed by atoms with Gasteiger partial charge < -0.3 is 5.32 Å². The second-order valence-electron chi connectivity index (χ2n) is 5.04. The van der Waals surface area contributed by atoms with Gasteiger partial charge in [0.15, 0.2) is 0 Å². The molecule has 1 N–H and O–H groups in total. The molecule has 2 aliphatic rings. The second-order valence-corrected chi connectivity index (χ2v) is 5.04. The Hall–Kier alpha value is -0.860. The van der Waals surface area contributed by atoms with E-state index in [0.29, 0.717) is 0 Å². The summed E-state index contributed by atoms with van der Waals surface area (Å²) in [5.41, 5.74) is 1.46. The lowest BCUT2D eigenvalue weighted by Gasteiger charge is -2.28. The lowest BCUT2D eigenvalue weighted by Crippen LogP contribution is -2.38. The van der Waals surface area contributed by atoms with Crippen molar-refractivity contribution in [2.75, 3.05) is 13.1 Å². The number of hydrogen-bond acceptors (Lipinski definition) is 2. The van der Waals surface area contributed by atoms with E-state index in [4.69, 9.17) is 0 Å². The van der Waals surface area contributed by atoms with Gasteiger partial charge in [-0.1, -0.05) is 30.3 Å². The molecule has 0 radical (unpaired) electrons. The molecule has 2 fully saturated rings. The van der Waals surface area contributed by atoms with Gasteiger partial charge in [0, 0.05) is 25.2 Å². The molecule has 0 unspecified atom stereocenters. The third kappa shape index (κ3) is 2.28. The molecule has 1 aliphatic heterocycles. The van der Waals surface area contributed by atoms with Gasteiger partial charge in [0.1, 0.15) is 0 Å². The van der Waals surface area contributed by atoms with Gasteiger partial charge >= 0.3 is 0 Å². The van der Waals surface area contributed by atoms with Crippen molar-refractivity contribution in [2.24, 2.45) is 0 Å². The molecule has 86 valence electrons. The van der Waals surface area contributed by atoms with Crippen LogP contribution in [0.4, 0.5) is 0 Å². The monoisotopic (exact) mass is 216 g/mol. The Morgan fingerprint density at radius 1 is 1.06 bits per heavy atom. The van der Waals surface area contributed by atoms with Crippen molar-refractivity contribution in [2.45, 2.75) is 37.9 Å². The Morgan fingerprint density at radius 2 is 1.88 bits per heavy atom. The Bertz CT molecular complexity index is 326. The van der Waals surface area contributed by atoms with Gasteiger partial charge in [-0.25, -0.2) is 0 Å². The molecule has 1 aromatic carbocycles. The quantitative estimate of drug-likeness (QED) is 0.828. The number of hydrogen-bond donors (Lipinski definition) is 1. The van der Waals surface area contributed by atoms with Crippen molar-refractivity contribution in [1.29, 1.82) is 0 Å². The highest BCUT2D eigenvalue weighted by molar-refractivity contribution is 5.15. The summed E-state index contributed by atoms with van der Waals surface area (Å²) in [5.74, 6) is 0. The van der Waals surface area contributed by atoms with Crippen molar-refractivity contribution in [3.63, 3.8) is 0 Å². The molecular weight excluding hydrogens is 196 g/mol. The molecule has 1 saturated heterocycles. The predicted molar refractivity (Wildman–Crippen MR) is 66.3 cm³/mol. The predicted octanol–water partition coefficient (Wildman–Crippen LogP) is 2.01. The average Bonchev–Trinajstić information content (AvgIpc) is 3.02. The fourth-order valence-corrected chi connectivity index (χ4v) is 2.68. The minimum Gasteiger partial charge on any atom is -0.315 e. The van der Waals surface area contributed by atoms with Crippen molar-refractivity contribution in [1.82, 2.24) is 10.2 Å². The number of benzene rings is 1. The summed E-state index contributed by atoms with van der Waals surface area (Å²) >= 11 is 0. The Kier molecular flexibility index (Phi) is 2.94. The van der Waals surface area contributed by atoms with Gasteiger partial charge in [0.25, 0.3) is 0 Å². The summed E-state index contributed by atoms with van der Waals surface area (Å²) in [6, 6.07) is 12.5. The molecule has 3 rings (SSSR count). The topological polar surface area (TPSA) is 15.3 Å². The zero-order chi connectivity index (χ0) is 10.8. The third-order valence-corrected chi connectivity index (χ3v) is 3.73. The van der Waals surface area contributed by atoms with Crippen LogP contribution in [0.2, 0.25) is 0 Å². The van der Waals surface area contributed by atoms with Crippen LogP contribution >= 0.6 is 0 Å². The van der Waals surface area contributed by atoms with Crippen LogP contribution in [-0.2, 0) is 6.54 Å². The lowest BCUT2D eigenvalue weighted by molar-refractivity contribution is 0.189. The van der Waals surface area contributed by atoms with Crippen LogP contribution < -0.4 is 5.32 Å². The summed E-state index contributed by atoms with van der Waals surface area (Å²) in [5, 5.41) is 3.48. The molecule has 1 aliphatic carbocycles. The van der Waals surface area contributed by atoms with Gasteiger partial charge in [-0.3, -0.25) is 4.90 Å². The van der Waals surface area contributed by atoms with E-state index < -0.39 is 0 Å². The largest absolute Gasteiger partial charge is 0.315 e. The van der Waals surface area contributed by atoms with Crippen molar-refractivity contribution in [3.05, 3.63) is 35.9 Å². The van der Waals surface area contributed by atoms with Crippen LogP contribution in [0, 0.1) is 0 Å². The van der Waals surface area contributed by atoms with Gasteiger partial charge in [-0.2, -0.15) is 0 Å². The molecule has 2 nitrogen and oxygen atoms in total. The Labute approximate surface area is 97.6 Å². The van der Waals surface area contributed by atoms with Crippen molar-refractivity contribution >= 4 is 0 Å². The van der Waals surface area contributed by atoms with E-state index in [1.165, 1.54) is 37.9 Å². The van der Waals surface area contributed by atoms with Crippen molar-refractivity contribution < 1.29 is 0 Å². The highest BCUT2D eigenvalue weighted by Crippen LogP contribution is 2.31. The molecule has 0 aromatic heterocycles. The molecule has 0 spiro atoms. The molecule has 1 atom stereocenters. The minimum absolute atomic E-state index is 0.771. The van der Waals surface area contributed by atoms with E-state index in [9.17, 15) is 0 Å². The summed E-state index contributed by atoms with van der Waals surface area (Å²) in [4.78, 5) is 2.72. The molecule has 2 heteroatoms. The normalized spacial score (nSPS) is 25.2. The van der Waals surface area contributed by atoms with Crippen LogP contribution in [0.5, 0.6) is 0 Å². The Balaban J connectivity index is 1.69. The smallest absolute Gasteiger partial charge is 0.0240 e. The first kappa shape index (κ1) is 10.3. The van der Waals surface area contributed by atoms with E-state index in [1.807, 2.05) is 0 Å². The molecule has 1 heterocycles. The number of nitrogens with one attached hydrogen (secondary N) is 1. The molecule has 0 bridgehead atoms. The molecule has 1 aromatic rings. The standard InChI is InChI=1S/C14H20N2/c1-2-4-12(5-3-1)11-16(13-6-7-13)14-8-9-15-10-14/h1-5,13-15H,6-11H2/t14-/m1/s1. The number of nitrogens with zero attached hydrogens (tertiary/aromatic N) is 1. The molecule has 0 amide bonds. The van der Waals surface area contributed by atoms with Gasteiger partial charge in [0.05, 0.1) is 0 Å². The molecular formula is C14H20N2. The first-order valence-electron chi connectivity index (χ1n) is 6.44. The summed E-state index contributed by atoms with van der Waals surface area (Å²) < 4.78 is 0. The summed E-state index contributed by atoms with van der Waals surface area (Å²) in [7, 11) is 0. The zero-order valence-electron chi connectivity index (χ0n) is 9.73. The first-order valence-corrected chi connectivity index (χ1v) is 6.44. The fraction of sp³-hybridized carbons (Fsp3) is 0.571. The van der Waals surface area contributed by atoms with Gasteiger partial charge in [-0.15, -0.1) is 0 Å². The van der Waals surface area contributed by atoms with Gasteiger partial charge in [0.2, 0.25) is 0 Å². The SMILES string of the molecule is c1ccc(CN(C2CC2)[C@@H]2CCNC2)cc1. The molecule has 1 saturated carbocycles. The highest BCUT2D eigenvalue weighted by atomic mass is 15.2. The summed E-state index contributed by atoms with van der Waals surface area (Å²) in [6.45, 7) is 3.52. The third-order valence-electron chi connectivity index (χ3n) is 3.73.